The molecule has 2 radical (unpaired) electrons. The topological polar surface area (TPSA) is 118 Å². The average molecular weight is 197 g/mol. The molecule has 0 aliphatic carbocycles. The fourth-order valence-corrected chi connectivity index (χ4v) is 0.276. The summed E-state index contributed by atoms with van der Waals surface area (Å²) in [5.74, 6) is -2.12. The van der Waals surface area contributed by atoms with E-state index in [9.17, 15) is 9.59 Å². The molecule has 6 nitrogen and oxygen atoms in total. The zero-order valence-electron chi connectivity index (χ0n) is 7.13. The van der Waals surface area contributed by atoms with Gasteiger partial charge in [0, 0.05) is 59.1 Å². The molecule has 0 fully saturated rings. The van der Waals surface area contributed by atoms with E-state index >= 15 is 0 Å². The quantitative estimate of drug-likeness (QED) is 0.419. The van der Waals surface area contributed by atoms with Crippen molar-refractivity contribution in [3.63, 3.8) is 0 Å². The van der Waals surface area contributed by atoms with E-state index < -0.39 is 11.9 Å². The van der Waals surface area contributed by atoms with Crippen LogP contribution in [-0.2, 0) is 9.59 Å². The number of rotatable bonds is 4. The second kappa shape index (κ2) is 14.4. The number of hydrogen-bond donors (Lipinski definition) is 3. The van der Waals surface area contributed by atoms with Gasteiger partial charge in [0.2, 0.25) is 0 Å². The van der Waals surface area contributed by atoms with Gasteiger partial charge in [0.1, 0.15) is 0 Å². The third-order valence-electron chi connectivity index (χ3n) is 0.552. The molecule has 0 aromatic carbocycles. The van der Waals surface area contributed by atoms with Gasteiger partial charge in [-0.2, -0.15) is 0 Å². The molecule has 0 saturated carbocycles. The second-order valence-corrected chi connectivity index (χ2v) is 1.39. The average Bonchev–Trinajstić information content (AvgIpc) is 1.63. The third-order valence-corrected chi connectivity index (χ3v) is 0.552. The molecule has 0 spiro atoms. The fraction of sp³-hybridized carbons (Fsp3) is 0.500. The van der Waals surface area contributed by atoms with E-state index in [1.165, 1.54) is 0 Å². The number of aliphatic carboxylic acids is 2. The Balaban J connectivity index is -0.000000107. The predicted octanol–water partition coefficient (Wildman–Crippen LogP) is -2.84. The smallest absolute Gasteiger partial charge is 0.317 e. The Morgan fingerprint density at radius 1 is 1.00 bits per heavy atom. The Morgan fingerprint density at radius 3 is 1.42 bits per heavy atom. The Bertz CT molecular complexity index is 117. The van der Waals surface area contributed by atoms with Gasteiger partial charge in [-0.05, 0) is 0 Å². The zero-order chi connectivity index (χ0) is 7.28. The summed E-state index contributed by atoms with van der Waals surface area (Å²) in [5.41, 5.74) is 0. The maximum atomic E-state index is 9.73. The summed E-state index contributed by atoms with van der Waals surface area (Å²) >= 11 is 0. The van der Waals surface area contributed by atoms with Gasteiger partial charge in [0.05, 0.1) is 13.1 Å². The van der Waals surface area contributed by atoms with Crippen molar-refractivity contribution in [2.45, 2.75) is 0 Å². The molecule has 62 valence electrons. The van der Waals surface area contributed by atoms with Crippen LogP contribution >= 0.6 is 0 Å². The van der Waals surface area contributed by atoms with Crippen LogP contribution in [0.1, 0.15) is 0 Å². The van der Waals surface area contributed by atoms with Crippen molar-refractivity contribution < 1.29 is 25.3 Å². The number of carboxylic acids is 2. The van der Waals surface area contributed by atoms with Gasteiger partial charge in [0.15, 0.2) is 0 Å². The van der Waals surface area contributed by atoms with Crippen molar-refractivity contribution in [2.75, 3.05) is 13.1 Å². The molecule has 0 aromatic heterocycles. The summed E-state index contributed by atoms with van der Waals surface area (Å²) in [4.78, 5) is 19.5. The van der Waals surface area contributed by atoms with E-state index in [0.717, 1.165) is 0 Å². The first kappa shape index (κ1) is 23.0. The molecular weight excluding hydrogens is 188 g/mol. The number of nitrogens with one attached hydrogen (secondary N) is 1. The minimum absolute atomic E-state index is 0. The summed E-state index contributed by atoms with van der Waals surface area (Å²) in [6.45, 7) is -0.626. The monoisotopic (exact) mass is 197 g/mol. The van der Waals surface area contributed by atoms with Crippen molar-refractivity contribution in [1.82, 2.24) is 5.32 Å². The van der Waals surface area contributed by atoms with Crippen LogP contribution in [0.2, 0.25) is 0 Å². The van der Waals surface area contributed by atoms with Crippen LogP contribution in [0, 0.1) is 0 Å². The van der Waals surface area contributed by atoms with Crippen molar-refractivity contribution >= 4 is 71.1 Å². The molecule has 0 aliphatic heterocycles. The van der Waals surface area contributed by atoms with Crippen molar-refractivity contribution in [1.29, 1.82) is 0 Å². The van der Waals surface area contributed by atoms with Gasteiger partial charge < -0.3 is 15.7 Å². The fourth-order valence-electron chi connectivity index (χ4n) is 0.276. The standard InChI is InChI=1S/C4H7NO4.2Na.H2O/c6-3(7)1-5-2-4(8)9;;;/h5H,1-2H2,(H,6,7)(H,8,9);;;1H2. The Kier molecular flexibility index (Phi) is 27.6. The molecule has 12 heavy (non-hydrogen) atoms. The normalized spacial score (nSPS) is 6.67. The molecule has 0 saturated heterocycles. The summed E-state index contributed by atoms with van der Waals surface area (Å²) in [6.07, 6.45) is 0. The van der Waals surface area contributed by atoms with Crippen molar-refractivity contribution in [3.05, 3.63) is 0 Å². The number of carboxylic acid groups (broad SMARTS) is 2. The maximum absolute atomic E-state index is 9.73. The largest absolute Gasteiger partial charge is 0.480 e. The number of hydrogen-bond acceptors (Lipinski definition) is 3. The molecule has 0 unspecified atom stereocenters. The molecule has 0 bridgehead atoms. The maximum Gasteiger partial charge on any atom is 0.317 e. The van der Waals surface area contributed by atoms with Gasteiger partial charge in [0.25, 0.3) is 0 Å². The molecule has 0 aliphatic rings. The van der Waals surface area contributed by atoms with Gasteiger partial charge in [-0.15, -0.1) is 0 Å². The van der Waals surface area contributed by atoms with Crippen molar-refractivity contribution in [2.24, 2.45) is 0 Å². The first-order chi connectivity index (χ1) is 4.13. The first-order valence-electron chi connectivity index (χ1n) is 2.27. The van der Waals surface area contributed by atoms with Crippen LogP contribution < -0.4 is 5.32 Å². The molecule has 0 amide bonds. The van der Waals surface area contributed by atoms with Crippen LogP contribution in [-0.4, -0.2) is 99.8 Å². The Hall–Kier alpha value is 0.860. The van der Waals surface area contributed by atoms with Gasteiger partial charge in [-0.3, -0.25) is 14.9 Å². The Morgan fingerprint density at radius 2 is 1.25 bits per heavy atom. The Labute approximate surface area is 114 Å². The number of carbonyl (C=O) groups is 2. The first-order valence-corrected chi connectivity index (χ1v) is 2.27. The molecular formula is C4H9NNa2O5. The van der Waals surface area contributed by atoms with Crippen LogP contribution in [0.4, 0.5) is 0 Å². The SMILES string of the molecule is O.O=C(O)CNCC(=O)O.[Na].[Na]. The van der Waals surface area contributed by atoms with Gasteiger partial charge >= 0.3 is 11.9 Å². The van der Waals surface area contributed by atoms with E-state index in [0.29, 0.717) is 0 Å². The summed E-state index contributed by atoms with van der Waals surface area (Å²) in [7, 11) is 0. The minimum atomic E-state index is -1.06. The zero-order valence-corrected chi connectivity index (χ0v) is 11.1. The van der Waals surface area contributed by atoms with Crippen LogP contribution in [0.25, 0.3) is 0 Å². The summed E-state index contributed by atoms with van der Waals surface area (Å²) in [6, 6.07) is 0. The van der Waals surface area contributed by atoms with Crippen molar-refractivity contribution in [3.8, 4) is 0 Å². The molecule has 0 heterocycles. The van der Waals surface area contributed by atoms with E-state index in [1.807, 2.05) is 0 Å². The molecule has 8 heteroatoms. The van der Waals surface area contributed by atoms with Crippen LogP contribution in [0.5, 0.6) is 0 Å². The molecule has 0 atom stereocenters. The van der Waals surface area contributed by atoms with Crippen LogP contribution in [0.3, 0.4) is 0 Å². The van der Waals surface area contributed by atoms with Gasteiger partial charge in [-0.25, -0.2) is 0 Å². The summed E-state index contributed by atoms with van der Waals surface area (Å²) < 4.78 is 0. The third kappa shape index (κ3) is 22.4. The molecule has 0 rings (SSSR count). The molecule has 0 aromatic rings. The van der Waals surface area contributed by atoms with Gasteiger partial charge in [-0.1, -0.05) is 0 Å². The van der Waals surface area contributed by atoms with E-state index in [-0.39, 0.29) is 77.7 Å². The van der Waals surface area contributed by atoms with E-state index in [4.69, 9.17) is 10.2 Å². The second-order valence-electron chi connectivity index (χ2n) is 1.39. The minimum Gasteiger partial charge on any atom is -0.480 e. The van der Waals surface area contributed by atoms with Crippen LogP contribution in [0.15, 0.2) is 0 Å². The van der Waals surface area contributed by atoms with E-state index in [2.05, 4.69) is 5.32 Å². The predicted molar refractivity (Wildman–Crippen MR) is 43.3 cm³/mol. The molecule has 5 N–H and O–H groups in total. The summed E-state index contributed by atoms with van der Waals surface area (Å²) in [5, 5.41) is 18.1. The van der Waals surface area contributed by atoms with E-state index in [1.54, 1.807) is 0 Å².